The van der Waals surface area contributed by atoms with Gasteiger partial charge in [-0.3, -0.25) is 4.79 Å². The topological polar surface area (TPSA) is 72.8 Å². The lowest BCUT2D eigenvalue weighted by atomic mass is 10.0. The van der Waals surface area contributed by atoms with Crippen LogP contribution in [0.15, 0.2) is 73.3 Å². The van der Waals surface area contributed by atoms with Crippen LogP contribution >= 0.6 is 0 Å². The average molecular weight is 612 g/mol. The van der Waals surface area contributed by atoms with E-state index in [-0.39, 0.29) is 36.4 Å². The molecule has 45 heavy (non-hydrogen) atoms. The summed E-state index contributed by atoms with van der Waals surface area (Å²) < 4.78 is 28.2. The molecule has 1 unspecified atom stereocenters. The molecule has 236 valence electrons. The summed E-state index contributed by atoms with van der Waals surface area (Å²) in [5, 5.41) is 3.89. The molecule has 1 atom stereocenters. The maximum atomic E-state index is 14.0. The Morgan fingerprint density at radius 1 is 1.07 bits per heavy atom. The Kier molecular flexibility index (Phi) is 9.32. The first-order valence-corrected chi connectivity index (χ1v) is 15.5. The smallest absolute Gasteiger partial charge is 0.410 e. The molecule has 0 aliphatic carbocycles. The van der Waals surface area contributed by atoms with E-state index in [1.807, 2.05) is 57.2 Å². The number of hydrogen-bond donors (Lipinski definition) is 1. The van der Waals surface area contributed by atoms with Crippen molar-refractivity contribution in [3.63, 3.8) is 0 Å². The number of aromatic nitrogens is 1. The minimum Gasteiger partial charge on any atom is -0.488 e. The van der Waals surface area contributed by atoms with Gasteiger partial charge in [-0.1, -0.05) is 62.9 Å². The first-order valence-electron chi connectivity index (χ1n) is 15.5. The van der Waals surface area contributed by atoms with E-state index < -0.39 is 5.60 Å². The van der Waals surface area contributed by atoms with Crippen LogP contribution in [0.3, 0.4) is 0 Å². The number of ether oxygens (including phenoxy) is 2. The largest absolute Gasteiger partial charge is 0.488 e. The number of nitrogens with zero attached hydrogens (tertiary/aromatic N) is 2. The fraction of sp³-hybridized carbons (Fsp3) is 0.351. The first kappa shape index (κ1) is 31.8. The average Bonchev–Trinajstić information content (AvgIpc) is 3.59. The number of rotatable bonds is 9. The van der Waals surface area contributed by atoms with Crippen molar-refractivity contribution in [3.8, 4) is 5.75 Å². The molecule has 1 saturated heterocycles. The van der Waals surface area contributed by atoms with Crippen LogP contribution in [-0.2, 0) is 17.8 Å². The standard InChI is InChI=1S/C37H42FN3O4/c1-7-27-19-26(13-16-31(27)38)21-39-35(42)33-30-15-14-28(44-29-17-18-40(23-29)36(43)45-37(4,5)6)20-32(30)41(34(33)24(2)3)22-25-11-9-8-10-12-25/h7-16,19-20,24,29H,1,17-18,21-23H2,2-6H3,(H,39,42). The maximum Gasteiger partial charge on any atom is 0.410 e. The van der Waals surface area contributed by atoms with Crippen LogP contribution in [-0.4, -0.2) is 46.3 Å². The molecule has 8 heteroatoms. The van der Waals surface area contributed by atoms with Crippen LogP contribution in [0.2, 0.25) is 0 Å². The fourth-order valence-electron chi connectivity index (χ4n) is 5.84. The third-order valence-corrected chi connectivity index (χ3v) is 7.87. The van der Waals surface area contributed by atoms with Crippen LogP contribution in [0, 0.1) is 5.82 Å². The zero-order valence-electron chi connectivity index (χ0n) is 26.7. The van der Waals surface area contributed by atoms with Gasteiger partial charge in [0.1, 0.15) is 23.3 Å². The SMILES string of the molecule is C=Cc1cc(CNC(=O)c2c(C(C)C)n(Cc3ccccc3)c3cc(OC4CCN(C(=O)OC(C)(C)C)C4)ccc23)ccc1F. The number of benzene rings is 3. The molecule has 0 saturated carbocycles. The van der Waals surface area contributed by atoms with Crippen molar-refractivity contribution in [2.75, 3.05) is 13.1 Å². The molecule has 0 spiro atoms. The summed E-state index contributed by atoms with van der Waals surface area (Å²) in [4.78, 5) is 28.2. The quantitative estimate of drug-likeness (QED) is 0.209. The second-order valence-corrected chi connectivity index (χ2v) is 12.9. The number of halogens is 1. The number of carbonyl (C=O) groups excluding carboxylic acids is 2. The minimum atomic E-state index is -0.559. The highest BCUT2D eigenvalue weighted by Gasteiger charge is 2.31. The zero-order chi connectivity index (χ0) is 32.3. The third-order valence-electron chi connectivity index (χ3n) is 7.87. The lowest BCUT2D eigenvalue weighted by Crippen LogP contribution is -2.36. The normalized spacial score (nSPS) is 15.0. The molecule has 3 aromatic carbocycles. The van der Waals surface area contributed by atoms with Gasteiger partial charge in [0.25, 0.3) is 5.91 Å². The molecule has 1 aliphatic rings. The minimum absolute atomic E-state index is 0.0432. The van der Waals surface area contributed by atoms with Crippen molar-refractivity contribution >= 4 is 29.0 Å². The lowest BCUT2D eigenvalue weighted by Gasteiger charge is -2.24. The fourth-order valence-corrected chi connectivity index (χ4v) is 5.84. The molecule has 0 radical (unpaired) electrons. The Balaban J connectivity index is 1.46. The molecule has 7 nitrogen and oxygen atoms in total. The highest BCUT2D eigenvalue weighted by molar-refractivity contribution is 6.09. The highest BCUT2D eigenvalue weighted by Crippen LogP contribution is 2.35. The van der Waals surface area contributed by atoms with Gasteiger partial charge in [0, 0.05) is 48.8 Å². The summed E-state index contributed by atoms with van der Waals surface area (Å²) in [5.41, 5.74) is 4.16. The third kappa shape index (κ3) is 7.39. The van der Waals surface area contributed by atoms with Gasteiger partial charge in [-0.25, -0.2) is 9.18 Å². The van der Waals surface area contributed by atoms with E-state index in [0.29, 0.717) is 42.9 Å². The van der Waals surface area contributed by atoms with Gasteiger partial charge in [-0.2, -0.15) is 0 Å². The Morgan fingerprint density at radius 3 is 2.51 bits per heavy atom. The maximum absolute atomic E-state index is 14.0. The van der Waals surface area contributed by atoms with Gasteiger partial charge >= 0.3 is 6.09 Å². The molecule has 0 bridgehead atoms. The van der Waals surface area contributed by atoms with Gasteiger partial charge in [-0.15, -0.1) is 0 Å². The molecule has 1 fully saturated rings. The van der Waals surface area contributed by atoms with E-state index in [9.17, 15) is 14.0 Å². The van der Waals surface area contributed by atoms with Crippen LogP contribution in [0.5, 0.6) is 5.75 Å². The van der Waals surface area contributed by atoms with E-state index in [1.54, 1.807) is 17.0 Å². The van der Waals surface area contributed by atoms with Crippen LogP contribution in [0.25, 0.3) is 17.0 Å². The van der Waals surface area contributed by atoms with Gasteiger partial charge in [0.2, 0.25) is 0 Å². The lowest BCUT2D eigenvalue weighted by molar-refractivity contribution is 0.0275. The van der Waals surface area contributed by atoms with Crippen molar-refractivity contribution in [2.24, 2.45) is 0 Å². The van der Waals surface area contributed by atoms with E-state index >= 15 is 0 Å². The predicted molar refractivity (Wildman–Crippen MR) is 176 cm³/mol. The van der Waals surface area contributed by atoms with Gasteiger partial charge < -0.3 is 24.3 Å². The predicted octanol–water partition coefficient (Wildman–Crippen LogP) is 7.91. The summed E-state index contributed by atoms with van der Waals surface area (Å²) in [6.45, 7) is 15.3. The molecule has 1 N–H and O–H groups in total. The Bertz CT molecular complexity index is 1700. The van der Waals surface area contributed by atoms with Crippen LogP contribution in [0.4, 0.5) is 9.18 Å². The van der Waals surface area contributed by atoms with Crippen molar-refractivity contribution in [3.05, 3.63) is 107 Å². The molecular weight excluding hydrogens is 569 g/mol. The Labute approximate surface area is 264 Å². The highest BCUT2D eigenvalue weighted by atomic mass is 19.1. The second-order valence-electron chi connectivity index (χ2n) is 12.9. The molecular formula is C37H42FN3O4. The van der Waals surface area contributed by atoms with Gasteiger partial charge in [-0.05, 0) is 62.1 Å². The summed E-state index contributed by atoms with van der Waals surface area (Å²) in [7, 11) is 0. The number of carbonyl (C=O) groups is 2. The van der Waals surface area contributed by atoms with E-state index in [2.05, 4.69) is 42.4 Å². The Morgan fingerprint density at radius 2 is 1.82 bits per heavy atom. The summed E-state index contributed by atoms with van der Waals surface area (Å²) >= 11 is 0. The monoisotopic (exact) mass is 611 g/mol. The van der Waals surface area contributed by atoms with E-state index in [4.69, 9.17) is 9.47 Å². The van der Waals surface area contributed by atoms with E-state index in [1.165, 1.54) is 12.1 Å². The van der Waals surface area contributed by atoms with Crippen LogP contribution in [0.1, 0.15) is 79.7 Å². The second kappa shape index (κ2) is 13.2. The van der Waals surface area contributed by atoms with Crippen molar-refractivity contribution in [1.82, 2.24) is 14.8 Å². The molecule has 2 heterocycles. The Hall–Kier alpha value is -4.59. The number of hydrogen-bond acceptors (Lipinski definition) is 4. The number of fused-ring (bicyclic) bond motifs is 1. The van der Waals surface area contributed by atoms with Crippen LogP contribution < -0.4 is 10.1 Å². The number of nitrogens with one attached hydrogen (secondary N) is 1. The van der Waals surface area contributed by atoms with Crippen molar-refractivity contribution < 1.29 is 23.5 Å². The van der Waals surface area contributed by atoms with Gasteiger partial charge in [0.05, 0.1) is 17.6 Å². The van der Waals surface area contributed by atoms with Crippen molar-refractivity contribution in [1.29, 1.82) is 0 Å². The van der Waals surface area contributed by atoms with Gasteiger partial charge in [0.15, 0.2) is 0 Å². The number of amides is 2. The molecule has 4 aromatic rings. The van der Waals surface area contributed by atoms with E-state index in [0.717, 1.165) is 27.7 Å². The summed E-state index contributed by atoms with van der Waals surface area (Å²) in [6, 6.07) is 20.7. The summed E-state index contributed by atoms with van der Waals surface area (Å²) in [6.07, 6.45) is 1.66. The zero-order valence-corrected chi connectivity index (χ0v) is 26.7. The summed E-state index contributed by atoms with van der Waals surface area (Å²) in [5.74, 6) is 0.175. The first-order chi connectivity index (χ1) is 21.4. The molecule has 1 aliphatic heterocycles. The molecule has 5 rings (SSSR count). The molecule has 2 amide bonds. The van der Waals surface area contributed by atoms with Crippen molar-refractivity contribution in [2.45, 2.75) is 71.8 Å². The molecule has 1 aromatic heterocycles. The number of likely N-dealkylation sites (tertiary alicyclic amines) is 1.